The van der Waals surface area contributed by atoms with Gasteiger partial charge in [-0.1, -0.05) is 11.6 Å². The van der Waals surface area contributed by atoms with Crippen molar-refractivity contribution >= 4 is 31.5 Å². The van der Waals surface area contributed by atoms with E-state index in [1.165, 1.54) is 23.5 Å². The largest absolute Gasteiger partial charge is 0.495 e. The normalized spacial score (nSPS) is 27.9. The van der Waals surface area contributed by atoms with E-state index in [2.05, 4.69) is 0 Å². The SMILES string of the molecule is COc1ccc(Cl)cc1S(=O)(=O)N1CC2CC1CS2(=O)=O. The van der Waals surface area contributed by atoms with E-state index in [1.807, 2.05) is 0 Å². The van der Waals surface area contributed by atoms with Crippen molar-refractivity contribution in [3.63, 3.8) is 0 Å². The molecule has 2 unspecified atom stereocenters. The fraction of sp³-hybridized carbons (Fsp3) is 0.500. The molecule has 2 fully saturated rings. The summed E-state index contributed by atoms with van der Waals surface area (Å²) in [7, 11) is -5.60. The number of sulfone groups is 1. The van der Waals surface area contributed by atoms with E-state index >= 15 is 0 Å². The van der Waals surface area contributed by atoms with E-state index in [0.29, 0.717) is 6.42 Å². The highest BCUT2D eigenvalue weighted by atomic mass is 35.5. The molecule has 1 aromatic rings. The highest BCUT2D eigenvalue weighted by Gasteiger charge is 2.53. The van der Waals surface area contributed by atoms with Crippen LogP contribution >= 0.6 is 11.6 Å². The predicted octanol–water partition coefficient (Wildman–Crippen LogP) is 0.909. The zero-order valence-corrected chi connectivity index (χ0v) is 13.6. The average molecular weight is 352 g/mol. The Bertz CT molecular complexity index is 790. The number of methoxy groups -OCH3 is 1. The molecule has 6 nitrogen and oxygen atoms in total. The Hall–Kier alpha value is -0.830. The van der Waals surface area contributed by atoms with Gasteiger partial charge in [-0.05, 0) is 24.6 Å². The summed E-state index contributed by atoms with van der Waals surface area (Å²) in [5.74, 6) is 0.0878. The number of hydrogen-bond acceptors (Lipinski definition) is 5. The predicted molar refractivity (Wildman–Crippen MR) is 77.9 cm³/mol. The first-order valence-corrected chi connectivity index (χ1v) is 9.86. The number of ether oxygens (including phenoxy) is 1. The Morgan fingerprint density at radius 2 is 2.10 bits per heavy atom. The van der Waals surface area contributed by atoms with Gasteiger partial charge in [-0.2, -0.15) is 4.31 Å². The van der Waals surface area contributed by atoms with Crippen LogP contribution < -0.4 is 4.74 Å². The van der Waals surface area contributed by atoms with Gasteiger partial charge in [0.2, 0.25) is 10.0 Å². The minimum Gasteiger partial charge on any atom is -0.495 e. The molecule has 0 amide bonds. The van der Waals surface area contributed by atoms with Gasteiger partial charge >= 0.3 is 0 Å². The molecule has 0 saturated carbocycles. The van der Waals surface area contributed by atoms with Crippen molar-refractivity contribution in [2.45, 2.75) is 22.6 Å². The van der Waals surface area contributed by atoms with Crippen LogP contribution in [0.1, 0.15) is 6.42 Å². The second kappa shape index (κ2) is 4.84. The van der Waals surface area contributed by atoms with Crippen molar-refractivity contribution in [3.8, 4) is 5.75 Å². The molecule has 3 rings (SSSR count). The van der Waals surface area contributed by atoms with Gasteiger partial charge in [-0.3, -0.25) is 0 Å². The van der Waals surface area contributed by atoms with Crippen LogP contribution in [0.25, 0.3) is 0 Å². The van der Waals surface area contributed by atoms with Crippen molar-refractivity contribution < 1.29 is 21.6 Å². The smallest absolute Gasteiger partial charge is 0.247 e. The summed E-state index contributed by atoms with van der Waals surface area (Å²) in [6, 6.07) is 3.87. The molecule has 0 radical (unpaired) electrons. The third-order valence-electron chi connectivity index (χ3n) is 3.97. The van der Waals surface area contributed by atoms with Gasteiger partial charge in [0.05, 0.1) is 18.1 Å². The number of rotatable bonds is 3. The molecule has 116 valence electrons. The monoisotopic (exact) mass is 351 g/mol. The van der Waals surface area contributed by atoms with Crippen molar-refractivity contribution in [2.24, 2.45) is 0 Å². The van der Waals surface area contributed by atoms with Gasteiger partial charge in [0.15, 0.2) is 9.84 Å². The summed E-state index contributed by atoms with van der Waals surface area (Å²) in [5, 5.41) is -0.311. The molecule has 2 heterocycles. The number of halogens is 1. The van der Waals surface area contributed by atoms with Crippen LogP contribution in [-0.4, -0.2) is 51.8 Å². The lowest BCUT2D eigenvalue weighted by atomic mass is 10.3. The van der Waals surface area contributed by atoms with Crippen molar-refractivity contribution in [3.05, 3.63) is 23.2 Å². The number of fused-ring (bicyclic) bond motifs is 2. The second-order valence-corrected chi connectivity index (χ2v) is 9.83. The van der Waals surface area contributed by atoms with Gasteiger partial charge in [-0.25, -0.2) is 16.8 Å². The van der Waals surface area contributed by atoms with Gasteiger partial charge in [0.25, 0.3) is 0 Å². The van der Waals surface area contributed by atoms with Gasteiger partial charge < -0.3 is 4.74 Å². The summed E-state index contributed by atoms with van der Waals surface area (Å²) in [5.41, 5.74) is 0. The van der Waals surface area contributed by atoms with E-state index in [-0.39, 0.29) is 28.0 Å². The van der Waals surface area contributed by atoms with E-state index in [1.54, 1.807) is 6.07 Å². The molecule has 0 aliphatic carbocycles. The lowest BCUT2D eigenvalue weighted by Crippen LogP contribution is -2.44. The zero-order valence-electron chi connectivity index (χ0n) is 11.2. The fourth-order valence-corrected chi connectivity index (χ4v) is 7.25. The molecule has 9 heteroatoms. The molecule has 0 aromatic heterocycles. The Balaban J connectivity index is 2.02. The molecule has 2 aliphatic rings. The number of hydrogen-bond donors (Lipinski definition) is 0. The van der Waals surface area contributed by atoms with E-state index in [4.69, 9.17) is 16.3 Å². The van der Waals surface area contributed by atoms with Crippen LogP contribution in [-0.2, 0) is 19.9 Å². The standard InChI is InChI=1S/C12H14ClNO5S2/c1-19-11-3-2-8(13)4-12(11)21(17,18)14-6-10-5-9(14)7-20(10,15)16/h2-4,9-10H,5-7H2,1H3. The first kappa shape index (κ1) is 15.1. The summed E-state index contributed by atoms with van der Waals surface area (Å²) >= 11 is 5.88. The van der Waals surface area contributed by atoms with Gasteiger partial charge in [0, 0.05) is 17.6 Å². The molecule has 2 aliphatic heterocycles. The fourth-order valence-electron chi connectivity index (χ4n) is 2.93. The minimum atomic E-state index is -3.83. The van der Waals surface area contributed by atoms with Crippen molar-refractivity contribution in [1.82, 2.24) is 4.31 Å². The number of benzene rings is 1. The first-order valence-electron chi connectivity index (χ1n) is 6.32. The molecule has 2 atom stereocenters. The van der Waals surface area contributed by atoms with Gasteiger partial charge in [0.1, 0.15) is 10.6 Å². The van der Waals surface area contributed by atoms with Crippen LogP contribution in [0.15, 0.2) is 23.1 Å². The topological polar surface area (TPSA) is 80.8 Å². The maximum atomic E-state index is 12.8. The number of sulfonamides is 1. The molecule has 0 N–H and O–H groups in total. The molecular formula is C12H14ClNO5S2. The summed E-state index contributed by atoms with van der Waals surface area (Å²) < 4.78 is 55.3. The maximum Gasteiger partial charge on any atom is 0.247 e. The van der Waals surface area contributed by atoms with Crippen molar-refractivity contribution in [2.75, 3.05) is 19.4 Å². The lowest BCUT2D eigenvalue weighted by Gasteiger charge is -2.26. The van der Waals surface area contributed by atoms with Gasteiger partial charge in [-0.15, -0.1) is 0 Å². The Kier molecular flexibility index (Phi) is 3.47. The molecule has 0 spiro atoms. The molecule has 1 aromatic carbocycles. The first-order chi connectivity index (χ1) is 9.75. The average Bonchev–Trinajstić information content (AvgIpc) is 2.94. The van der Waals surface area contributed by atoms with Crippen molar-refractivity contribution in [1.29, 1.82) is 0 Å². The summed E-state index contributed by atoms with van der Waals surface area (Å²) in [4.78, 5) is -0.0255. The third kappa shape index (κ3) is 2.34. The minimum absolute atomic E-state index is 0.00496. The van der Waals surface area contributed by atoms with Crippen LogP contribution in [0.3, 0.4) is 0 Å². The third-order valence-corrected chi connectivity index (χ3v) is 8.35. The van der Waals surface area contributed by atoms with E-state index in [9.17, 15) is 16.8 Å². The van der Waals surface area contributed by atoms with Crippen LogP contribution in [0.2, 0.25) is 5.02 Å². The van der Waals surface area contributed by atoms with Crippen LogP contribution in [0.5, 0.6) is 5.75 Å². The molecule has 2 saturated heterocycles. The van der Waals surface area contributed by atoms with Crippen LogP contribution in [0.4, 0.5) is 0 Å². The lowest BCUT2D eigenvalue weighted by molar-refractivity contribution is 0.384. The second-order valence-electron chi connectivity index (χ2n) is 5.21. The Morgan fingerprint density at radius 3 is 2.62 bits per heavy atom. The molecule has 2 bridgehead atoms. The highest BCUT2D eigenvalue weighted by molar-refractivity contribution is 7.93. The zero-order chi connectivity index (χ0) is 15.4. The molecular weight excluding hydrogens is 338 g/mol. The Morgan fingerprint density at radius 1 is 1.38 bits per heavy atom. The maximum absolute atomic E-state index is 12.8. The summed E-state index contributed by atoms with van der Waals surface area (Å²) in [6.07, 6.45) is 0.366. The number of nitrogens with zero attached hydrogens (tertiary/aromatic N) is 1. The van der Waals surface area contributed by atoms with E-state index < -0.39 is 31.2 Å². The Labute approximate surface area is 128 Å². The summed E-state index contributed by atoms with van der Waals surface area (Å²) in [6.45, 7) is 0.00496. The molecule has 21 heavy (non-hydrogen) atoms. The quantitative estimate of drug-likeness (QED) is 0.808. The van der Waals surface area contributed by atoms with Crippen LogP contribution in [0, 0.1) is 0 Å². The highest BCUT2D eigenvalue weighted by Crippen LogP contribution is 2.39. The van der Waals surface area contributed by atoms with E-state index in [0.717, 1.165) is 0 Å².